The van der Waals surface area contributed by atoms with Gasteiger partial charge in [-0.25, -0.2) is 4.79 Å². The van der Waals surface area contributed by atoms with Crippen molar-refractivity contribution in [3.63, 3.8) is 0 Å². The predicted molar refractivity (Wildman–Crippen MR) is 106 cm³/mol. The van der Waals surface area contributed by atoms with Gasteiger partial charge in [0.05, 0.1) is 7.11 Å². The van der Waals surface area contributed by atoms with Crippen LogP contribution in [0, 0.1) is 6.92 Å². The second-order valence-electron chi connectivity index (χ2n) is 5.75. The number of rotatable bonds is 6. The lowest BCUT2D eigenvalue weighted by Crippen LogP contribution is -2.14. The Bertz CT molecular complexity index is 904. The Hall–Kier alpha value is -2.32. The van der Waals surface area contributed by atoms with Crippen molar-refractivity contribution in [3.8, 4) is 0 Å². The summed E-state index contributed by atoms with van der Waals surface area (Å²) in [6, 6.07) is 14.5. The topological polar surface area (TPSA) is 82.0 Å². The summed E-state index contributed by atoms with van der Waals surface area (Å²) >= 11 is 0.968. The van der Waals surface area contributed by atoms with Crippen LogP contribution >= 0.6 is 11.8 Å². The second kappa shape index (κ2) is 9.57. The van der Waals surface area contributed by atoms with Gasteiger partial charge < -0.3 is 4.74 Å². The normalized spacial score (nSPS) is 11.9. The van der Waals surface area contributed by atoms with E-state index < -0.39 is 16.1 Å². The fourth-order valence-corrected chi connectivity index (χ4v) is 3.72. The zero-order chi connectivity index (χ0) is 19.9. The summed E-state index contributed by atoms with van der Waals surface area (Å²) in [6.07, 6.45) is 0.868. The summed E-state index contributed by atoms with van der Waals surface area (Å²) in [5.41, 5.74) is 2.74. The molecule has 0 aliphatic heterocycles. The molecule has 0 saturated heterocycles. The molecule has 0 spiro atoms. The minimum atomic E-state index is -4.00. The van der Waals surface area contributed by atoms with Crippen LogP contribution in [0.3, 0.4) is 0 Å². The lowest BCUT2D eigenvalue weighted by molar-refractivity contribution is -0.132. The third-order valence-corrected chi connectivity index (χ3v) is 5.53. The first-order valence-corrected chi connectivity index (χ1v) is 10.6. The van der Waals surface area contributed by atoms with Crippen LogP contribution in [0.5, 0.6) is 0 Å². The summed E-state index contributed by atoms with van der Waals surface area (Å²) in [4.78, 5) is 12.6. The number of thioether (sulfide) groups is 1. The molecule has 2 aromatic carbocycles. The quantitative estimate of drug-likeness (QED) is 0.239. The first-order chi connectivity index (χ1) is 12.8. The number of oxime groups is 1. The van der Waals surface area contributed by atoms with E-state index in [2.05, 4.69) is 9.89 Å². The number of methoxy groups -OCH3 is 1. The van der Waals surface area contributed by atoms with Crippen LogP contribution in [0.1, 0.15) is 23.6 Å². The van der Waals surface area contributed by atoms with E-state index in [1.165, 1.54) is 7.11 Å². The summed E-state index contributed by atoms with van der Waals surface area (Å²) in [7, 11) is -2.81. The van der Waals surface area contributed by atoms with Crippen molar-refractivity contribution in [3.05, 3.63) is 65.2 Å². The Morgan fingerprint density at radius 2 is 1.63 bits per heavy atom. The maximum Gasteiger partial charge on any atom is 0.367 e. The molecular weight excluding hydrogens is 386 g/mol. The van der Waals surface area contributed by atoms with Gasteiger partial charge in [0.1, 0.15) is 5.75 Å². The largest absolute Gasteiger partial charge is 0.464 e. The molecule has 144 valence electrons. The number of ether oxygens (including phenoxy) is 1. The molecule has 2 aromatic rings. The Morgan fingerprint density at radius 3 is 2.19 bits per heavy atom. The highest BCUT2D eigenvalue weighted by Crippen LogP contribution is 2.21. The van der Waals surface area contributed by atoms with Gasteiger partial charge in [-0.05, 0) is 36.6 Å². The number of hydrogen-bond acceptors (Lipinski definition) is 7. The minimum absolute atomic E-state index is 0.203. The monoisotopic (exact) mass is 407 g/mol. The lowest BCUT2D eigenvalue weighted by atomic mass is 10.1. The average molecular weight is 408 g/mol. The number of hydrogen-bond donors (Lipinski definition) is 0. The van der Waals surface area contributed by atoms with Gasteiger partial charge in [0, 0.05) is 4.90 Å². The van der Waals surface area contributed by atoms with E-state index in [-0.39, 0.29) is 10.8 Å². The second-order valence-corrected chi connectivity index (χ2v) is 8.37. The third-order valence-electron chi connectivity index (χ3n) is 3.60. The number of aryl methyl sites for hydroxylation is 2. The number of nitrogens with zero attached hydrogens (tertiary/aromatic N) is 1. The Morgan fingerprint density at radius 1 is 1.04 bits per heavy atom. The fourth-order valence-electron chi connectivity index (χ4n) is 2.10. The maximum atomic E-state index is 12.2. The van der Waals surface area contributed by atoms with E-state index in [1.807, 2.05) is 38.1 Å². The van der Waals surface area contributed by atoms with Crippen LogP contribution < -0.4 is 0 Å². The van der Waals surface area contributed by atoms with Crippen molar-refractivity contribution in [1.82, 2.24) is 0 Å². The number of carbonyl (C=O) groups is 1. The smallest absolute Gasteiger partial charge is 0.367 e. The summed E-state index contributed by atoms with van der Waals surface area (Å²) < 4.78 is 33.7. The number of carbonyl (C=O) groups excluding carboxylic acids is 1. The lowest BCUT2D eigenvalue weighted by Gasteiger charge is -2.06. The highest BCUT2D eigenvalue weighted by Gasteiger charge is 2.19. The molecule has 6 nitrogen and oxygen atoms in total. The standard InChI is InChI=1S/C19H21NO5S2/c1-4-15-7-9-16(10-8-15)13-27(22,23)25-20-18(19(21)24-3)26-17-11-5-14(2)6-12-17/h5-12H,4,13H2,1-3H3. The van der Waals surface area contributed by atoms with Gasteiger partial charge >= 0.3 is 16.1 Å². The molecule has 8 heteroatoms. The van der Waals surface area contributed by atoms with E-state index in [0.717, 1.165) is 29.3 Å². The van der Waals surface area contributed by atoms with Crippen LogP contribution in [0.15, 0.2) is 58.6 Å². The van der Waals surface area contributed by atoms with Crippen molar-refractivity contribution < 1.29 is 22.2 Å². The molecule has 0 amide bonds. The molecule has 0 heterocycles. The van der Waals surface area contributed by atoms with E-state index in [1.54, 1.807) is 24.3 Å². The van der Waals surface area contributed by atoms with Gasteiger partial charge in [0.2, 0.25) is 5.04 Å². The molecular formula is C19H21NO5S2. The fraction of sp³-hybridized carbons (Fsp3) is 0.263. The van der Waals surface area contributed by atoms with Gasteiger partial charge in [-0.1, -0.05) is 65.8 Å². The van der Waals surface area contributed by atoms with Gasteiger partial charge in [0.15, 0.2) is 0 Å². The minimum Gasteiger partial charge on any atom is -0.464 e. The Kier molecular flexibility index (Phi) is 7.44. The molecule has 0 saturated carbocycles. The van der Waals surface area contributed by atoms with E-state index in [4.69, 9.17) is 4.28 Å². The Labute approximate surface area is 163 Å². The molecule has 0 aliphatic carbocycles. The van der Waals surface area contributed by atoms with Gasteiger partial charge in [-0.15, -0.1) is 0 Å². The number of benzene rings is 2. The molecule has 0 fully saturated rings. The van der Waals surface area contributed by atoms with E-state index >= 15 is 0 Å². The maximum absolute atomic E-state index is 12.2. The summed E-state index contributed by atoms with van der Waals surface area (Å²) in [6.45, 7) is 3.95. The first kappa shape index (κ1) is 21.0. The predicted octanol–water partition coefficient (Wildman–Crippen LogP) is 3.68. The summed E-state index contributed by atoms with van der Waals surface area (Å²) in [5, 5.41) is 3.33. The zero-order valence-electron chi connectivity index (χ0n) is 15.3. The highest BCUT2D eigenvalue weighted by atomic mass is 32.2. The van der Waals surface area contributed by atoms with Crippen molar-refractivity contribution in [2.45, 2.75) is 30.9 Å². The number of esters is 1. The van der Waals surface area contributed by atoms with Crippen LogP contribution in [-0.4, -0.2) is 26.5 Å². The van der Waals surface area contributed by atoms with Crippen LogP contribution in [0.25, 0.3) is 0 Å². The zero-order valence-corrected chi connectivity index (χ0v) is 17.0. The molecule has 0 atom stereocenters. The van der Waals surface area contributed by atoms with Crippen LogP contribution in [-0.2, 0) is 36.1 Å². The van der Waals surface area contributed by atoms with Gasteiger partial charge in [0.25, 0.3) is 0 Å². The van der Waals surface area contributed by atoms with Crippen molar-refractivity contribution in [2.75, 3.05) is 7.11 Å². The third kappa shape index (κ3) is 6.73. The Balaban J connectivity index is 2.12. The molecule has 0 aromatic heterocycles. The van der Waals surface area contributed by atoms with Gasteiger partial charge in [-0.2, -0.15) is 8.42 Å². The van der Waals surface area contributed by atoms with E-state index in [9.17, 15) is 13.2 Å². The summed E-state index contributed by atoms with van der Waals surface area (Å²) in [5.74, 6) is -1.12. The molecule has 27 heavy (non-hydrogen) atoms. The molecule has 0 unspecified atom stereocenters. The van der Waals surface area contributed by atoms with E-state index in [0.29, 0.717) is 10.5 Å². The average Bonchev–Trinajstić information content (AvgIpc) is 2.66. The first-order valence-electron chi connectivity index (χ1n) is 8.23. The molecule has 0 aliphatic rings. The van der Waals surface area contributed by atoms with Crippen molar-refractivity contribution in [1.29, 1.82) is 0 Å². The molecule has 0 N–H and O–H groups in total. The SMILES string of the molecule is CCc1ccc(CS(=O)(=O)ON=C(Sc2ccc(C)cc2)C(=O)OC)cc1. The van der Waals surface area contributed by atoms with Crippen molar-refractivity contribution >= 4 is 32.9 Å². The van der Waals surface area contributed by atoms with Crippen LogP contribution in [0.4, 0.5) is 0 Å². The van der Waals surface area contributed by atoms with Gasteiger partial charge in [-0.3, -0.25) is 4.28 Å². The molecule has 0 radical (unpaired) electrons. The molecule has 2 rings (SSSR count). The highest BCUT2D eigenvalue weighted by molar-refractivity contribution is 8.15. The molecule has 0 bridgehead atoms. The van der Waals surface area contributed by atoms with Crippen LogP contribution in [0.2, 0.25) is 0 Å². The van der Waals surface area contributed by atoms with Crippen molar-refractivity contribution in [2.24, 2.45) is 5.16 Å².